The van der Waals surface area contributed by atoms with E-state index in [0.717, 1.165) is 19.4 Å². The lowest BCUT2D eigenvalue weighted by Gasteiger charge is -2.43. The zero-order chi connectivity index (χ0) is 24.8. The third-order valence-electron chi connectivity index (χ3n) is 7.34. The van der Waals surface area contributed by atoms with Gasteiger partial charge in [0.2, 0.25) is 10.0 Å². The average Bonchev–Trinajstić information content (AvgIpc) is 2.84. The molecular weight excluding hydrogens is 454 g/mol. The molecule has 8 nitrogen and oxygen atoms in total. The fraction of sp³-hybridized carbons (Fsp3) is 0.680. The summed E-state index contributed by atoms with van der Waals surface area (Å²) in [6, 6.07) is 6.28. The number of ether oxygens (including phenoxy) is 1. The van der Waals surface area contributed by atoms with E-state index in [-0.39, 0.29) is 47.7 Å². The Bertz CT molecular complexity index is 949. The fourth-order valence-corrected chi connectivity index (χ4v) is 6.59. The van der Waals surface area contributed by atoms with Gasteiger partial charge in [0.05, 0.1) is 24.0 Å². The zero-order valence-corrected chi connectivity index (χ0v) is 21.5. The highest BCUT2D eigenvalue weighted by Gasteiger charge is 2.34. The molecule has 190 valence electrons. The molecule has 1 saturated heterocycles. The number of carbonyl (C=O) groups excluding carboxylic acids is 2. The van der Waals surface area contributed by atoms with Gasteiger partial charge in [-0.15, -0.1) is 0 Å². The summed E-state index contributed by atoms with van der Waals surface area (Å²) >= 11 is 0. The third-order valence-corrected chi connectivity index (χ3v) is 9.23. The van der Waals surface area contributed by atoms with Gasteiger partial charge in [0.15, 0.2) is 5.78 Å². The van der Waals surface area contributed by atoms with E-state index in [4.69, 9.17) is 4.74 Å². The Morgan fingerprint density at radius 3 is 2.44 bits per heavy atom. The lowest BCUT2D eigenvalue weighted by Crippen LogP contribution is -2.53. The van der Waals surface area contributed by atoms with Gasteiger partial charge < -0.3 is 15.0 Å². The van der Waals surface area contributed by atoms with Crippen LogP contribution in [0.5, 0.6) is 0 Å². The highest BCUT2D eigenvalue weighted by molar-refractivity contribution is 7.89. The van der Waals surface area contributed by atoms with E-state index in [2.05, 4.69) is 24.3 Å². The Kier molecular flexibility index (Phi) is 9.26. The quantitative estimate of drug-likeness (QED) is 0.395. The van der Waals surface area contributed by atoms with E-state index in [0.29, 0.717) is 25.0 Å². The summed E-state index contributed by atoms with van der Waals surface area (Å²) in [4.78, 5) is 27.2. The van der Waals surface area contributed by atoms with E-state index in [1.165, 1.54) is 35.7 Å². The van der Waals surface area contributed by atoms with Gasteiger partial charge in [-0.1, -0.05) is 31.4 Å². The van der Waals surface area contributed by atoms with Crippen LogP contribution in [0.15, 0.2) is 29.2 Å². The van der Waals surface area contributed by atoms with E-state index in [9.17, 15) is 18.0 Å². The van der Waals surface area contributed by atoms with Crippen molar-refractivity contribution in [1.29, 1.82) is 0 Å². The van der Waals surface area contributed by atoms with Crippen LogP contribution in [0.3, 0.4) is 0 Å². The number of esters is 1. The molecule has 1 aromatic rings. The van der Waals surface area contributed by atoms with Crippen molar-refractivity contribution in [3.63, 3.8) is 0 Å². The molecule has 9 heteroatoms. The summed E-state index contributed by atoms with van der Waals surface area (Å²) in [7, 11) is 0.456. The molecule has 2 fully saturated rings. The van der Waals surface area contributed by atoms with E-state index in [1.54, 1.807) is 19.1 Å². The maximum atomic E-state index is 13.2. The van der Waals surface area contributed by atoms with Gasteiger partial charge in [0.1, 0.15) is 0 Å². The van der Waals surface area contributed by atoms with E-state index in [1.807, 2.05) is 0 Å². The highest BCUT2D eigenvalue weighted by atomic mass is 32.2. The zero-order valence-electron chi connectivity index (χ0n) is 20.7. The number of ketones is 1. The summed E-state index contributed by atoms with van der Waals surface area (Å²) in [5, 5.41) is 3.33. The molecule has 0 unspecified atom stereocenters. The van der Waals surface area contributed by atoms with E-state index >= 15 is 0 Å². The molecular formula is C25H39N3O5S. The van der Waals surface area contributed by atoms with Crippen molar-refractivity contribution in [2.24, 2.45) is 5.92 Å². The molecule has 0 atom stereocenters. The molecule has 0 radical (unpaired) electrons. The van der Waals surface area contributed by atoms with Gasteiger partial charge in [-0.25, -0.2) is 8.42 Å². The molecule has 1 aliphatic heterocycles. The second-order valence-electron chi connectivity index (χ2n) is 9.66. The summed E-state index contributed by atoms with van der Waals surface area (Å²) in [6.45, 7) is 3.51. The maximum Gasteiger partial charge on any atom is 0.309 e. The van der Waals surface area contributed by atoms with Crippen molar-refractivity contribution in [1.82, 2.24) is 14.5 Å². The first-order chi connectivity index (χ1) is 16.2. The topological polar surface area (TPSA) is 96.0 Å². The van der Waals surface area contributed by atoms with Gasteiger partial charge >= 0.3 is 5.97 Å². The fourth-order valence-electron chi connectivity index (χ4n) is 5.07. The normalized spacial score (nSPS) is 19.8. The first-order valence-electron chi connectivity index (χ1n) is 12.4. The number of carbonyl (C=O) groups is 2. The standard InChI is InChI=1S/C25H39N3O5S/c1-4-33-24(30)20-11-15-28(16-12-20)34(31,32)22-10-8-9-21(17-22)23(29)18-26-19-25(27(2)3)13-6-5-7-14-25/h8-10,17,20,26H,4-7,11-16,18-19H2,1-3H3. The molecule has 3 rings (SSSR count). The monoisotopic (exact) mass is 493 g/mol. The number of hydrogen-bond acceptors (Lipinski definition) is 7. The molecule has 2 aliphatic rings. The summed E-state index contributed by atoms with van der Waals surface area (Å²) in [6.07, 6.45) is 6.76. The number of sulfonamides is 1. The Labute approximate surface area is 204 Å². The van der Waals surface area contributed by atoms with Crippen LogP contribution in [0.2, 0.25) is 0 Å². The molecule has 0 bridgehead atoms. The number of piperidine rings is 1. The van der Waals surface area contributed by atoms with Crippen molar-refractivity contribution < 1.29 is 22.7 Å². The van der Waals surface area contributed by atoms with Crippen molar-refractivity contribution in [3.05, 3.63) is 29.8 Å². The first kappa shape index (κ1) is 26.8. The van der Waals surface area contributed by atoms with Crippen LogP contribution in [-0.2, 0) is 19.6 Å². The maximum absolute atomic E-state index is 13.2. The van der Waals surface area contributed by atoms with Crippen LogP contribution in [0.1, 0.15) is 62.2 Å². The number of nitrogens with zero attached hydrogens (tertiary/aromatic N) is 2. The molecule has 0 amide bonds. The molecule has 34 heavy (non-hydrogen) atoms. The Hall–Kier alpha value is -1.81. The van der Waals surface area contributed by atoms with Crippen molar-refractivity contribution in [2.75, 3.05) is 46.9 Å². The first-order valence-corrected chi connectivity index (χ1v) is 13.8. The van der Waals surface area contributed by atoms with Crippen molar-refractivity contribution in [3.8, 4) is 0 Å². The third kappa shape index (κ3) is 6.24. The number of likely N-dealkylation sites (N-methyl/N-ethyl adjacent to an activating group) is 1. The van der Waals surface area contributed by atoms with Crippen LogP contribution >= 0.6 is 0 Å². The summed E-state index contributed by atoms with van der Waals surface area (Å²) in [5.41, 5.74) is 0.455. The SMILES string of the molecule is CCOC(=O)C1CCN(S(=O)(=O)c2cccc(C(=O)CNCC3(N(C)C)CCCCC3)c2)CC1. The number of nitrogens with one attached hydrogen (secondary N) is 1. The minimum atomic E-state index is -3.74. The summed E-state index contributed by atoms with van der Waals surface area (Å²) < 4.78 is 32.8. The van der Waals surface area contributed by atoms with Crippen LogP contribution in [-0.4, -0.2) is 81.8 Å². The van der Waals surface area contributed by atoms with Crippen LogP contribution in [0, 0.1) is 5.92 Å². The Balaban J connectivity index is 1.60. The molecule has 1 N–H and O–H groups in total. The average molecular weight is 494 g/mol. The van der Waals surface area contributed by atoms with Gasteiger partial charge in [-0.05, 0) is 58.8 Å². The van der Waals surface area contributed by atoms with Gasteiger partial charge in [-0.3, -0.25) is 9.59 Å². The number of Topliss-reactive ketones (excluding diaryl/α,β-unsaturated/α-hetero) is 1. The minimum absolute atomic E-state index is 0.0688. The van der Waals surface area contributed by atoms with Crippen molar-refractivity contribution in [2.45, 2.75) is 62.3 Å². The largest absolute Gasteiger partial charge is 0.466 e. The second kappa shape index (κ2) is 11.7. The second-order valence-corrected chi connectivity index (χ2v) is 11.6. The smallest absolute Gasteiger partial charge is 0.309 e. The number of benzene rings is 1. The molecule has 0 spiro atoms. The molecule has 1 aromatic carbocycles. The Morgan fingerprint density at radius 1 is 1.15 bits per heavy atom. The van der Waals surface area contributed by atoms with E-state index < -0.39 is 10.0 Å². The summed E-state index contributed by atoms with van der Waals surface area (Å²) in [5.74, 6) is -0.647. The molecule has 1 aliphatic carbocycles. The molecule has 1 heterocycles. The van der Waals surface area contributed by atoms with Gasteiger partial charge in [-0.2, -0.15) is 4.31 Å². The predicted molar refractivity (Wildman–Crippen MR) is 131 cm³/mol. The minimum Gasteiger partial charge on any atom is -0.466 e. The molecule has 0 aromatic heterocycles. The van der Waals surface area contributed by atoms with Crippen molar-refractivity contribution >= 4 is 21.8 Å². The number of hydrogen-bond donors (Lipinski definition) is 1. The Morgan fingerprint density at radius 2 is 1.82 bits per heavy atom. The van der Waals surface area contributed by atoms with Crippen LogP contribution in [0.25, 0.3) is 0 Å². The predicted octanol–water partition coefficient (Wildman–Crippen LogP) is 2.69. The lowest BCUT2D eigenvalue weighted by molar-refractivity contribution is -0.149. The molecule has 1 saturated carbocycles. The lowest BCUT2D eigenvalue weighted by atomic mass is 9.80. The van der Waals surface area contributed by atoms with Gasteiger partial charge in [0, 0.05) is 30.7 Å². The van der Waals surface area contributed by atoms with Crippen LogP contribution < -0.4 is 5.32 Å². The highest BCUT2D eigenvalue weighted by Crippen LogP contribution is 2.31. The number of rotatable bonds is 10. The van der Waals surface area contributed by atoms with Gasteiger partial charge in [0.25, 0.3) is 0 Å². The van der Waals surface area contributed by atoms with Crippen LogP contribution in [0.4, 0.5) is 0 Å².